The number of benzene rings is 1. The molecule has 2 aliphatic heterocycles. The number of nitriles is 1. The van der Waals surface area contributed by atoms with Crippen molar-refractivity contribution in [1.82, 2.24) is 9.47 Å². The van der Waals surface area contributed by atoms with E-state index in [0.717, 1.165) is 55.7 Å². The third kappa shape index (κ3) is 5.28. The van der Waals surface area contributed by atoms with Crippen molar-refractivity contribution < 1.29 is 4.79 Å². The molecule has 0 radical (unpaired) electrons. The van der Waals surface area contributed by atoms with Crippen LogP contribution >= 0.6 is 24.0 Å². The lowest BCUT2D eigenvalue weighted by Crippen LogP contribution is -2.39. The molecule has 0 spiro atoms. The van der Waals surface area contributed by atoms with Gasteiger partial charge in [-0.3, -0.25) is 19.1 Å². The number of carbonyl (C=O) groups is 1. The molecule has 2 aromatic rings. The van der Waals surface area contributed by atoms with Gasteiger partial charge in [-0.25, -0.2) is 0 Å². The van der Waals surface area contributed by atoms with Gasteiger partial charge in [0.1, 0.15) is 21.8 Å². The molecule has 4 rings (SSSR count). The van der Waals surface area contributed by atoms with Crippen molar-refractivity contribution in [3.8, 4) is 6.07 Å². The lowest BCUT2D eigenvalue weighted by atomic mass is 9.97. The van der Waals surface area contributed by atoms with Gasteiger partial charge in [0.25, 0.3) is 11.5 Å². The zero-order chi connectivity index (χ0) is 25.8. The summed E-state index contributed by atoms with van der Waals surface area (Å²) in [6.45, 7) is 8.80. The molecule has 1 aromatic heterocycles. The Morgan fingerprint density at radius 2 is 1.89 bits per heavy atom. The first-order valence-electron chi connectivity index (χ1n) is 12.6. The maximum Gasteiger partial charge on any atom is 0.270 e. The average molecular weight is 521 g/mol. The van der Waals surface area contributed by atoms with Crippen LogP contribution < -0.4 is 10.5 Å². The van der Waals surface area contributed by atoms with Crippen LogP contribution in [0.25, 0.3) is 6.08 Å². The molecule has 6 nitrogen and oxygen atoms in total. The van der Waals surface area contributed by atoms with Gasteiger partial charge < -0.3 is 4.90 Å². The van der Waals surface area contributed by atoms with Gasteiger partial charge in [-0.2, -0.15) is 5.26 Å². The number of rotatable bonds is 7. The standard InChI is InChI=1S/C28H32N4O2S2/c1-4-5-13-31-25(30-14-11-19(2)12-15-30)22(20(3)23(17-29)26(31)33)16-24-27(34)32(28(35)36-24)18-21-9-7-6-8-10-21/h6-10,16,19H,4-5,11-15,18H2,1-3H3/b24-16-. The number of unbranched alkanes of at least 4 members (excludes halogenated alkanes) is 1. The maximum absolute atomic E-state index is 13.4. The third-order valence-electron chi connectivity index (χ3n) is 7.00. The summed E-state index contributed by atoms with van der Waals surface area (Å²) < 4.78 is 2.28. The number of nitrogens with zero attached hydrogens (tertiary/aromatic N) is 4. The number of carbonyl (C=O) groups excluding carboxylic acids is 1. The molecule has 2 aliphatic rings. The van der Waals surface area contributed by atoms with E-state index in [1.54, 1.807) is 9.47 Å². The van der Waals surface area contributed by atoms with Gasteiger partial charge in [0.05, 0.1) is 11.4 Å². The van der Waals surface area contributed by atoms with E-state index in [-0.39, 0.29) is 17.0 Å². The summed E-state index contributed by atoms with van der Waals surface area (Å²) >= 11 is 6.86. The van der Waals surface area contributed by atoms with Gasteiger partial charge in [-0.15, -0.1) is 0 Å². The second-order valence-electron chi connectivity index (χ2n) is 9.58. The summed E-state index contributed by atoms with van der Waals surface area (Å²) in [6.07, 6.45) is 5.71. The summed E-state index contributed by atoms with van der Waals surface area (Å²) in [6, 6.07) is 11.9. The molecule has 0 bridgehead atoms. The Balaban J connectivity index is 1.82. The molecule has 0 unspecified atom stereocenters. The zero-order valence-electron chi connectivity index (χ0n) is 21.1. The maximum atomic E-state index is 13.4. The molecule has 2 fully saturated rings. The molecule has 0 saturated carbocycles. The van der Waals surface area contributed by atoms with Gasteiger partial charge >= 0.3 is 0 Å². The third-order valence-corrected chi connectivity index (χ3v) is 8.38. The predicted octanol–water partition coefficient (Wildman–Crippen LogP) is 5.47. The molecule has 8 heteroatoms. The Morgan fingerprint density at radius 1 is 1.19 bits per heavy atom. The summed E-state index contributed by atoms with van der Waals surface area (Å²) in [5.41, 5.74) is 2.31. The van der Waals surface area contributed by atoms with Crippen molar-refractivity contribution in [3.05, 3.63) is 67.8 Å². The van der Waals surface area contributed by atoms with E-state index in [9.17, 15) is 14.9 Å². The van der Waals surface area contributed by atoms with Gasteiger partial charge in [0, 0.05) is 25.2 Å². The first-order valence-corrected chi connectivity index (χ1v) is 13.8. The molecule has 0 aliphatic carbocycles. The molecule has 2 saturated heterocycles. The normalized spacial score (nSPS) is 17.8. The Morgan fingerprint density at radius 3 is 2.53 bits per heavy atom. The van der Waals surface area contributed by atoms with Crippen LogP contribution in [-0.2, 0) is 17.9 Å². The number of hydrogen-bond donors (Lipinski definition) is 0. The number of amides is 1. The number of pyridine rings is 1. The number of thioether (sulfide) groups is 1. The summed E-state index contributed by atoms with van der Waals surface area (Å²) in [5, 5.41) is 9.87. The molecule has 3 heterocycles. The summed E-state index contributed by atoms with van der Waals surface area (Å²) in [4.78, 5) is 31.3. The molecule has 0 atom stereocenters. The van der Waals surface area contributed by atoms with Gasteiger partial charge in [0.2, 0.25) is 0 Å². The smallest absolute Gasteiger partial charge is 0.270 e. The molecule has 1 amide bonds. The van der Waals surface area contributed by atoms with E-state index in [1.165, 1.54) is 11.8 Å². The highest BCUT2D eigenvalue weighted by atomic mass is 32.2. The van der Waals surface area contributed by atoms with E-state index < -0.39 is 0 Å². The number of thiocarbonyl (C=S) groups is 1. The minimum absolute atomic E-state index is 0.142. The van der Waals surface area contributed by atoms with Crippen molar-refractivity contribution in [3.63, 3.8) is 0 Å². The van der Waals surface area contributed by atoms with Gasteiger partial charge in [-0.1, -0.05) is 74.6 Å². The minimum atomic E-state index is -0.245. The lowest BCUT2D eigenvalue weighted by Gasteiger charge is -2.35. The topological polar surface area (TPSA) is 69.3 Å². The van der Waals surface area contributed by atoms with Crippen LogP contribution in [0.3, 0.4) is 0 Å². The highest BCUT2D eigenvalue weighted by Gasteiger charge is 2.33. The molecular weight excluding hydrogens is 488 g/mol. The van der Waals surface area contributed by atoms with Crippen LogP contribution in [0.1, 0.15) is 61.8 Å². The van der Waals surface area contributed by atoms with Crippen LogP contribution in [0, 0.1) is 24.2 Å². The van der Waals surface area contributed by atoms with Crippen LogP contribution in [-0.4, -0.2) is 32.8 Å². The monoisotopic (exact) mass is 520 g/mol. The zero-order valence-corrected chi connectivity index (χ0v) is 22.8. The Labute approximate surface area is 222 Å². The Kier molecular flexibility index (Phi) is 8.32. The fourth-order valence-electron chi connectivity index (χ4n) is 4.76. The Bertz CT molecular complexity index is 1290. The van der Waals surface area contributed by atoms with Crippen LogP contribution in [0.15, 0.2) is 40.0 Å². The second-order valence-corrected chi connectivity index (χ2v) is 11.3. The predicted molar refractivity (Wildman–Crippen MR) is 151 cm³/mol. The first kappa shape index (κ1) is 26.2. The second kappa shape index (κ2) is 11.4. The van der Waals surface area contributed by atoms with E-state index >= 15 is 0 Å². The van der Waals surface area contributed by atoms with E-state index in [4.69, 9.17) is 12.2 Å². The van der Waals surface area contributed by atoms with E-state index in [0.29, 0.717) is 33.8 Å². The van der Waals surface area contributed by atoms with Crippen molar-refractivity contribution >= 4 is 46.1 Å². The number of piperidine rings is 1. The lowest BCUT2D eigenvalue weighted by molar-refractivity contribution is -0.122. The van der Waals surface area contributed by atoms with E-state index in [2.05, 4.69) is 24.8 Å². The molecule has 0 N–H and O–H groups in total. The quantitative estimate of drug-likeness (QED) is 0.356. The number of aromatic nitrogens is 1. The van der Waals surface area contributed by atoms with Crippen LogP contribution in [0.2, 0.25) is 0 Å². The molecule has 188 valence electrons. The Hall–Kier alpha value is -2.89. The highest BCUT2D eigenvalue weighted by Crippen LogP contribution is 2.37. The number of anilines is 1. The SMILES string of the molecule is CCCCn1c(N2CCC(C)CC2)c(/C=C2\SC(=S)N(Cc3ccccc3)C2=O)c(C)c(C#N)c1=O. The highest BCUT2D eigenvalue weighted by molar-refractivity contribution is 8.26. The van der Waals surface area contributed by atoms with Crippen LogP contribution in [0.4, 0.5) is 5.82 Å². The molecule has 1 aromatic carbocycles. The van der Waals surface area contributed by atoms with Crippen molar-refractivity contribution in [2.24, 2.45) is 5.92 Å². The first-order chi connectivity index (χ1) is 17.3. The molecular formula is C28H32N4O2S2. The molecule has 36 heavy (non-hydrogen) atoms. The van der Waals surface area contributed by atoms with E-state index in [1.807, 2.05) is 43.3 Å². The fraction of sp³-hybridized carbons (Fsp3) is 0.429. The minimum Gasteiger partial charge on any atom is -0.357 e. The summed E-state index contributed by atoms with van der Waals surface area (Å²) in [7, 11) is 0. The summed E-state index contributed by atoms with van der Waals surface area (Å²) in [5.74, 6) is 1.32. The van der Waals surface area contributed by atoms with Gasteiger partial charge in [0.15, 0.2) is 0 Å². The van der Waals surface area contributed by atoms with Gasteiger partial charge in [-0.05, 0) is 49.3 Å². The van der Waals surface area contributed by atoms with Crippen LogP contribution in [0.5, 0.6) is 0 Å². The fourth-order valence-corrected chi connectivity index (χ4v) is 6.00. The van der Waals surface area contributed by atoms with Crippen molar-refractivity contribution in [2.45, 2.75) is 59.5 Å². The van der Waals surface area contributed by atoms with Crippen molar-refractivity contribution in [2.75, 3.05) is 18.0 Å². The van der Waals surface area contributed by atoms with Crippen molar-refractivity contribution in [1.29, 1.82) is 5.26 Å². The largest absolute Gasteiger partial charge is 0.357 e. The average Bonchev–Trinajstić information content (AvgIpc) is 3.14. The number of hydrogen-bond acceptors (Lipinski definition) is 6.